The summed E-state index contributed by atoms with van der Waals surface area (Å²) < 4.78 is 1.84. The van der Waals surface area contributed by atoms with Gasteiger partial charge in [0.05, 0.1) is 0 Å². The van der Waals surface area contributed by atoms with Gasteiger partial charge in [-0.2, -0.15) is 5.10 Å². The van der Waals surface area contributed by atoms with Gasteiger partial charge in [0.25, 0.3) is 0 Å². The van der Waals surface area contributed by atoms with Gasteiger partial charge in [-0.05, 0) is 28.1 Å². The number of rotatable bonds is 2. The van der Waals surface area contributed by atoms with Crippen molar-refractivity contribution in [3.8, 4) is 5.75 Å². The summed E-state index contributed by atoms with van der Waals surface area (Å²) in [6.07, 6.45) is 0. The SMILES string of the molecule is O=C(O)Cn1nc2c(O)cccc2c1Br. The van der Waals surface area contributed by atoms with Crippen LogP contribution in [0.1, 0.15) is 0 Å². The molecule has 2 N–H and O–H groups in total. The van der Waals surface area contributed by atoms with Crippen LogP contribution in [0.2, 0.25) is 0 Å². The summed E-state index contributed by atoms with van der Waals surface area (Å²) >= 11 is 3.24. The number of phenolic OH excluding ortho intramolecular Hbond substituents is 1. The molecule has 1 aromatic carbocycles. The normalized spacial score (nSPS) is 10.7. The molecule has 0 saturated carbocycles. The van der Waals surface area contributed by atoms with Crippen LogP contribution < -0.4 is 0 Å². The first kappa shape index (κ1) is 9.97. The fraction of sp³-hybridized carbons (Fsp3) is 0.111. The number of nitrogens with zero attached hydrogens (tertiary/aromatic N) is 2. The Kier molecular flexibility index (Phi) is 2.36. The Balaban J connectivity index is 2.64. The minimum atomic E-state index is -0.983. The maximum atomic E-state index is 10.5. The topological polar surface area (TPSA) is 75.3 Å². The van der Waals surface area contributed by atoms with Crippen LogP contribution in [-0.2, 0) is 11.3 Å². The van der Waals surface area contributed by atoms with Crippen molar-refractivity contribution < 1.29 is 15.0 Å². The highest BCUT2D eigenvalue weighted by Gasteiger charge is 2.12. The number of aliphatic carboxylic acids is 1. The highest BCUT2D eigenvalue weighted by molar-refractivity contribution is 9.10. The van der Waals surface area contributed by atoms with Crippen LogP contribution in [0.15, 0.2) is 22.8 Å². The Bertz CT molecular complexity index is 535. The van der Waals surface area contributed by atoms with Gasteiger partial charge >= 0.3 is 5.97 Å². The molecule has 0 aliphatic heterocycles. The van der Waals surface area contributed by atoms with E-state index in [9.17, 15) is 9.90 Å². The number of carbonyl (C=O) groups is 1. The Morgan fingerprint density at radius 3 is 2.87 bits per heavy atom. The highest BCUT2D eigenvalue weighted by Crippen LogP contribution is 2.29. The lowest BCUT2D eigenvalue weighted by molar-refractivity contribution is -0.137. The number of carboxylic acid groups (broad SMARTS) is 1. The molecule has 0 aliphatic rings. The van der Waals surface area contributed by atoms with Crippen molar-refractivity contribution in [3.63, 3.8) is 0 Å². The molecule has 78 valence electrons. The summed E-state index contributed by atoms with van der Waals surface area (Å²) in [5.74, 6) is -0.944. The molecule has 0 fully saturated rings. The zero-order chi connectivity index (χ0) is 11.0. The van der Waals surface area contributed by atoms with Crippen LogP contribution in [-0.4, -0.2) is 26.0 Å². The van der Waals surface area contributed by atoms with E-state index in [1.54, 1.807) is 12.1 Å². The van der Waals surface area contributed by atoms with Crippen LogP contribution in [0.4, 0.5) is 0 Å². The van der Waals surface area contributed by atoms with Crippen LogP contribution in [0.5, 0.6) is 5.75 Å². The van der Waals surface area contributed by atoms with E-state index < -0.39 is 5.97 Å². The number of fused-ring (bicyclic) bond motifs is 1. The second-order valence-corrected chi connectivity index (χ2v) is 3.77. The van der Waals surface area contributed by atoms with Crippen LogP contribution in [0.25, 0.3) is 10.9 Å². The van der Waals surface area contributed by atoms with Gasteiger partial charge in [0.1, 0.15) is 22.4 Å². The van der Waals surface area contributed by atoms with Gasteiger partial charge in [-0.1, -0.05) is 6.07 Å². The van der Waals surface area contributed by atoms with Crippen molar-refractivity contribution in [1.29, 1.82) is 0 Å². The smallest absolute Gasteiger partial charge is 0.325 e. The molecule has 2 aromatic rings. The van der Waals surface area contributed by atoms with Gasteiger partial charge in [0.2, 0.25) is 0 Å². The van der Waals surface area contributed by atoms with E-state index in [-0.39, 0.29) is 12.3 Å². The van der Waals surface area contributed by atoms with Crippen molar-refractivity contribution in [1.82, 2.24) is 9.78 Å². The fourth-order valence-corrected chi connectivity index (χ4v) is 1.86. The summed E-state index contributed by atoms with van der Waals surface area (Å²) in [5, 5.41) is 22.8. The minimum absolute atomic E-state index is 0.0392. The number of carboxylic acids is 1. The van der Waals surface area contributed by atoms with E-state index in [0.29, 0.717) is 15.5 Å². The Morgan fingerprint density at radius 1 is 1.53 bits per heavy atom. The molecule has 1 heterocycles. The van der Waals surface area contributed by atoms with Crippen LogP contribution in [0, 0.1) is 0 Å². The third kappa shape index (κ3) is 1.68. The van der Waals surface area contributed by atoms with Gasteiger partial charge < -0.3 is 10.2 Å². The van der Waals surface area contributed by atoms with Crippen molar-refractivity contribution in [2.45, 2.75) is 6.54 Å². The number of hydrogen-bond donors (Lipinski definition) is 2. The monoisotopic (exact) mass is 270 g/mol. The number of benzene rings is 1. The first-order valence-corrected chi connectivity index (χ1v) is 4.94. The predicted molar refractivity (Wildman–Crippen MR) is 56.7 cm³/mol. The molecule has 15 heavy (non-hydrogen) atoms. The van der Waals surface area contributed by atoms with Crippen molar-refractivity contribution >= 4 is 32.8 Å². The molecule has 0 spiro atoms. The Hall–Kier alpha value is -1.56. The first-order chi connectivity index (χ1) is 7.09. The maximum absolute atomic E-state index is 10.5. The highest BCUT2D eigenvalue weighted by atomic mass is 79.9. The maximum Gasteiger partial charge on any atom is 0.325 e. The lowest BCUT2D eigenvalue weighted by Gasteiger charge is -1.96. The van der Waals surface area contributed by atoms with Crippen molar-refractivity contribution in [2.24, 2.45) is 0 Å². The third-order valence-electron chi connectivity index (χ3n) is 1.97. The zero-order valence-electron chi connectivity index (χ0n) is 7.51. The second-order valence-electron chi connectivity index (χ2n) is 3.02. The molecule has 2 rings (SSSR count). The molecule has 0 amide bonds. The number of aromatic hydroxyl groups is 1. The van der Waals surface area contributed by atoms with Crippen molar-refractivity contribution in [2.75, 3.05) is 0 Å². The van der Waals surface area contributed by atoms with Crippen LogP contribution >= 0.6 is 15.9 Å². The molecule has 0 saturated heterocycles. The van der Waals surface area contributed by atoms with Crippen LogP contribution in [0.3, 0.4) is 0 Å². The zero-order valence-corrected chi connectivity index (χ0v) is 9.10. The third-order valence-corrected chi connectivity index (χ3v) is 2.81. The second kappa shape index (κ2) is 3.54. The number of phenols is 1. The molecule has 6 heteroatoms. The van der Waals surface area contributed by atoms with E-state index in [0.717, 1.165) is 0 Å². The summed E-state index contributed by atoms with van der Waals surface area (Å²) in [6.45, 7) is -0.241. The Labute approximate surface area is 93.1 Å². The molecule has 0 radical (unpaired) electrons. The van der Waals surface area contributed by atoms with E-state index in [4.69, 9.17) is 5.11 Å². The largest absolute Gasteiger partial charge is 0.506 e. The van der Waals surface area contributed by atoms with E-state index in [2.05, 4.69) is 21.0 Å². The summed E-state index contributed by atoms with van der Waals surface area (Å²) in [7, 11) is 0. The molecule has 0 atom stereocenters. The molecule has 0 bridgehead atoms. The molecule has 0 unspecified atom stereocenters. The summed E-state index contributed by atoms with van der Waals surface area (Å²) in [5.41, 5.74) is 0.394. The predicted octanol–water partition coefficient (Wildman–Crippen LogP) is 1.59. The van der Waals surface area contributed by atoms with E-state index in [1.807, 2.05) is 0 Å². The van der Waals surface area contributed by atoms with Gasteiger partial charge in [0, 0.05) is 5.39 Å². The quantitative estimate of drug-likeness (QED) is 0.869. The average molecular weight is 271 g/mol. The van der Waals surface area contributed by atoms with E-state index in [1.165, 1.54) is 10.7 Å². The van der Waals surface area contributed by atoms with Crippen molar-refractivity contribution in [3.05, 3.63) is 22.8 Å². The van der Waals surface area contributed by atoms with Gasteiger partial charge in [-0.25, -0.2) is 4.68 Å². The average Bonchev–Trinajstić information content (AvgIpc) is 2.46. The lowest BCUT2D eigenvalue weighted by atomic mass is 10.2. The summed E-state index contributed by atoms with van der Waals surface area (Å²) in [4.78, 5) is 10.5. The fourth-order valence-electron chi connectivity index (χ4n) is 1.34. The van der Waals surface area contributed by atoms with E-state index >= 15 is 0 Å². The number of halogens is 1. The first-order valence-electron chi connectivity index (χ1n) is 4.15. The molecule has 0 aliphatic carbocycles. The minimum Gasteiger partial charge on any atom is -0.506 e. The molecular formula is C9H7BrN2O3. The van der Waals surface area contributed by atoms with Gasteiger partial charge in [-0.3, -0.25) is 4.79 Å². The summed E-state index contributed by atoms with van der Waals surface area (Å²) in [6, 6.07) is 4.94. The lowest BCUT2D eigenvalue weighted by Crippen LogP contribution is -2.09. The number of hydrogen-bond acceptors (Lipinski definition) is 3. The van der Waals surface area contributed by atoms with Gasteiger partial charge in [0.15, 0.2) is 0 Å². The molecule has 5 nitrogen and oxygen atoms in total. The standard InChI is InChI=1S/C9H7BrN2O3/c10-9-5-2-1-3-6(13)8(5)11-12(9)4-7(14)15/h1-3,13H,4H2,(H,14,15). The number of aromatic nitrogens is 2. The molecular weight excluding hydrogens is 264 g/mol. The van der Waals surface area contributed by atoms with Gasteiger partial charge in [-0.15, -0.1) is 0 Å². The Morgan fingerprint density at radius 2 is 2.27 bits per heavy atom. The molecule has 1 aromatic heterocycles.